The van der Waals surface area contributed by atoms with Crippen LogP contribution >= 0.6 is 11.8 Å². The molecule has 2 amide bonds. The first kappa shape index (κ1) is 21.2. The lowest BCUT2D eigenvalue weighted by molar-refractivity contribution is -0.123. The zero-order valence-corrected chi connectivity index (χ0v) is 16.2. The summed E-state index contributed by atoms with van der Waals surface area (Å²) in [5.74, 6) is -1.51. The maximum absolute atomic E-state index is 12.4. The molecular formula is C20H20N2O5S. The number of ketones is 1. The van der Waals surface area contributed by atoms with Gasteiger partial charge in [0.2, 0.25) is 5.91 Å². The number of carbonyl (C=O) groups is 4. The van der Waals surface area contributed by atoms with E-state index in [-0.39, 0.29) is 11.5 Å². The number of benzene rings is 2. The number of amides is 2. The van der Waals surface area contributed by atoms with Crippen molar-refractivity contribution in [2.75, 3.05) is 11.1 Å². The lowest BCUT2D eigenvalue weighted by Gasteiger charge is -2.15. The SMILES string of the molecule is CC(=O)CSc1ccccc1C(=O)O[C@H](C)C(=O)Nc1ccc(C(N)=O)cc1. The van der Waals surface area contributed by atoms with Crippen molar-refractivity contribution in [3.8, 4) is 0 Å². The van der Waals surface area contributed by atoms with E-state index < -0.39 is 23.9 Å². The van der Waals surface area contributed by atoms with E-state index in [1.54, 1.807) is 24.3 Å². The number of rotatable bonds is 8. The highest BCUT2D eigenvalue weighted by Gasteiger charge is 2.21. The summed E-state index contributed by atoms with van der Waals surface area (Å²) in [7, 11) is 0. The van der Waals surface area contributed by atoms with E-state index in [2.05, 4.69) is 5.32 Å². The molecule has 0 bridgehead atoms. The maximum atomic E-state index is 12.4. The normalized spacial score (nSPS) is 11.4. The zero-order chi connectivity index (χ0) is 20.7. The minimum atomic E-state index is -1.05. The minimum Gasteiger partial charge on any atom is -0.449 e. The highest BCUT2D eigenvalue weighted by Crippen LogP contribution is 2.24. The Balaban J connectivity index is 2.00. The molecule has 0 saturated heterocycles. The fourth-order valence-electron chi connectivity index (χ4n) is 2.18. The summed E-state index contributed by atoms with van der Waals surface area (Å²) in [6.07, 6.45) is -1.05. The molecule has 0 spiro atoms. The highest BCUT2D eigenvalue weighted by atomic mass is 32.2. The van der Waals surface area contributed by atoms with E-state index in [0.29, 0.717) is 21.7 Å². The number of anilines is 1. The summed E-state index contributed by atoms with van der Waals surface area (Å²) in [6, 6.07) is 12.8. The summed E-state index contributed by atoms with van der Waals surface area (Å²) in [6.45, 7) is 2.92. The van der Waals surface area contributed by atoms with Gasteiger partial charge in [0, 0.05) is 16.1 Å². The third-order valence-corrected chi connectivity index (χ3v) is 4.85. The Morgan fingerprint density at radius 1 is 1.07 bits per heavy atom. The topological polar surface area (TPSA) is 116 Å². The third-order valence-electron chi connectivity index (χ3n) is 3.63. The van der Waals surface area contributed by atoms with Crippen LogP contribution in [-0.4, -0.2) is 35.4 Å². The Morgan fingerprint density at radius 2 is 1.71 bits per heavy atom. The second-order valence-corrected chi connectivity index (χ2v) is 6.98. The second-order valence-electron chi connectivity index (χ2n) is 5.97. The molecule has 2 aromatic rings. The van der Waals surface area contributed by atoms with Gasteiger partial charge in [0.25, 0.3) is 5.91 Å². The summed E-state index contributed by atoms with van der Waals surface area (Å²) >= 11 is 1.24. The average molecular weight is 400 g/mol. The quantitative estimate of drug-likeness (QED) is 0.520. The lowest BCUT2D eigenvalue weighted by Crippen LogP contribution is -2.30. The van der Waals surface area contributed by atoms with Crippen LogP contribution in [0, 0.1) is 0 Å². The molecule has 0 radical (unpaired) electrons. The van der Waals surface area contributed by atoms with E-state index >= 15 is 0 Å². The van der Waals surface area contributed by atoms with Gasteiger partial charge >= 0.3 is 5.97 Å². The van der Waals surface area contributed by atoms with Gasteiger partial charge in [-0.05, 0) is 50.2 Å². The predicted molar refractivity (Wildman–Crippen MR) is 106 cm³/mol. The molecular weight excluding hydrogens is 380 g/mol. The third kappa shape index (κ3) is 5.95. The first-order chi connectivity index (χ1) is 13.3. The number of nitrogens with one attached hydrogen (secondary N) is 1. The average Bonchev–Trinajstić information content (AvgIpc) is 2.66. The number of hydrogen-bond donors (Lipinski definition) is 2. The Morgan fingerprint density at radius 3 is 2.32 bits per heavy atom. The van der Waals surface area contributed by atoms with Gasteiger partial charge in [0.05, 0.1) is 11.3 Å². The number of hydrogen-bond acceptors (Lipinski definition) is 6. The number of carbonyl (C=O) groups excluding carboxylic acids is 4. The van der Waals surface area contributed by atoms with E-state index in [9.17, 15) is 19.2 Å². The van der Waals surface area contributed by atoms with Gasteiger partial charge in [-0.25, -0.2) is 4.79 Å². The molecule has 0 aliphatic rings. The largest absolute Gasteiger partial charge is 0.449 e. The van der Waals surface area contributed by atoms with Crippen molar-refractivity contribution in [3.05, 3.63) is 59.7 Å². The van der Waals surface area contributed by atoms with Gasteiger partial charge in [-0.3, -0.25) is 14.4 Å². The second kappa shape index (κ2) is 9.70. The number of esters is 1. The maximum Gasteiger partial charge on any atom is 0.340 e. The molecule has 2 rings (SSSR count). The van der Waals surface area contributed by atoms with Crippen LogP contribution in [0.1, 0.15) is 34.6 Å². The molecule has 0 aliphatic carbocycles. The van der Waals surface area contributed by atoms with Gasteiger partial charge < -0.3 is 15.8 Å². The fourth-order valence-corrected chi connectivity index (χ4v) is 3.02. The van der Waals surface area contributed by atoms with Crippen molar-refractivity contribution in [3.63, 3.8) is 0 Å². The first-order valence-electron chi connectivity index (χ1n) is 8.41. The van der Waals surface area contributed by atoms with Crippen molar-refractivity contribution in [2.45, 2.75) is 24.8 Å². The van der Waals surface area contributed by atoms with Crippen LogP contribution in [0.25, 0.3) is 0 Å². The molecule has 8 heteroatoms. The van der Waals surface area contributed by atoms with Crippen LogP contribution in [-0.2, 0) is 14.3 Å². The standard InChI is InChI=1S/C20H20N2O5S/c1-12(23)11-28-17-6-4-3-5-16(17)20(26)27-13(2)19(25)22-15-9-7-14(8-10-15)18(21)24/h3-10,13H,11H2,1-2H3,(H2,21,24)(H,22,25)/t13-/m1/s1. The number of ether oxygens (including phenoxy) is 1. The molecule has 0 unspecified atom stereocenters. The van der Waals surface area contributed by atoms with E-state index in [0.717, 1.165) is 0 Å². The summed E-state index contributed by atoms with van der Waals surface area (Å²) in [5.41, 5.74) is 6.22. The van der Waals surface area contributed by atoms with Crippen molar-refractivity contribution < 1.29 is 23.9 Å². The van der Waals surface area contributed by atoms with Crippen molar-refractivity contribution in [1.29, 1.82) is 0 Å². The molecule has 0 aliphatic heterocycles. The van der Waals surface area contributed by atoms with Crippen LogP contribution in [0.4, 0.5) is 5.69 Å². The highest BCUT2D eigenvalue weighted by molar-refractivity contribution is 8.00. The van der Waals surface area contributed by atoms with E-state index in [1.165, 1.54) is 49.9 Å². The number of primary amides is 1. The Bertz CT molecular complexity index is 896. The van der Waals surface area contributed by atoms with E-state index in [4.69, 9.17) is 10.5 Å². The van der Waals surface area contributed by atoms with Gasteiger partial charge in [0.1, 0.15) is 5.78 Å². The Labute approximate surface area is 166 Å². The molecule has 7 nitrogen and oxygen atoms in total. The minimum absolute atomic E-state index is 0.0109. The van der Waals surface area contributed by atoms with E-state index in [1.807, 2.05) is 0 Å². The molecule has 3 N–H and O–H groups in total. The summed E-state index contributed by atoms with van der Waals surface area (Å²) in [4.78, 5) is 47.6. The Hall–Kier alpha value is -3.13. The smallest absolute Gasteiger partial charge is 0.340 e. The molecule has 0 heterocycles. The molecule has 28 heavy (non-hydrogen) atoms. The van der Waals surface area contributed by atoms with Crippen LogP contribution in [0.5, 0.6) is 0 Å². The number of Topliss-reactive ketones (excluding diaryl/α,β-unsaturated/α-hetero) is 1. The van der Waals surface area contributed by atoms with Crippen LogP contribution in [0.3, 0.4) is 0 Å². The fraction of sp³-hybridized carbons (Fsp3) is 0.200. The van der Waals surface area contributed by atoms with Crippen molar-refractivity contribution in [2.24, 2.45) is 5.73 Å². The predicted octanol–water partition coefficient (Wildman–Crippen LogP) is 2.65. The molecule has 146 valence electrons. The zero-order valence-electron chi connectivity index (χ0n) is 15.4. The van der Waals surface area contributed by atoms with Gasteiger partial charge in [-0.1, -0.05) is 12.1 Å². The lowest BCUT2D eigenvalue weighted by atomic mass is 10.2. The van der Waals surface area contributed by atoms with Crippen LogP contribution in [0.2, 0.25) is 0 Å². The van der Waals surface area contributed by atoms with Gasteiger partial charge in [-0.2, -0.15) is 0 Å². The Kier molecular flexibility index (Phi) is 7.34. The van der Waals surface area contributed by atoms with Crippen molar-refractivity contribution >= 4 is 41.0 Å². The van der Waals surface area contributed by atoms with Gasteiger partial charge in [-0.15, -0.1) is 11.8 Å². The molecule has 0 saturated carbocycles. The monoisotopic (exact) mass is 400 g/mol. The van der Waals surface area contributed by atoms with Crippen LogP contribution in [0.15, 0.2) is 53.4 Å². The summed E-state index contributed by atoms with van der Waals surface area (Å²) in [5, 5.41) is 2.60. The number of thioether (sulfide) groups is 1. The molecule has 2 aromatic carbocycles. The first-order valence-corrected chi connectivity index (χ1v) is 9.39. The summed E-state index contributed by atoms with van der Waals surface area (Å²) < 4.78 is 5.26. The molecule has 0 fully saturated rings. The van der Waals surface area contributed by atoms with Crippen molar-refractivity contribution in [1.82, 2.24) is 0 Å². The van der Waals surface area contributed by atoms with Crippen LogP contribution < -0.4 is 11.1 Å². The molecule has 1 atom stereocenters. The van der Waals surface area contributed by atoms with Gasteiger partial charge in [0.15, 0.2) is 6.10 Å². The number of nitrogens with two attached hydrogens (primary N) is 1. The molecule has 0 aromatic heterocycles.